The van der Waals surface area contributed by atoms with Crippen LogP contribution in [0.25, 0.3) is 0 Å². The van der Waals surface area contributed by atoms with Crippen molar-refractivity contribution in [3.8, 4) is 5.75 Å². The molecular weight excluding hydrogens is 240 g/mol. The van der Waals surface area contributed by atoms with Gasteiger partial charge in [-0.1, -0.05) is 18.2 Å². The Kier molecular flexibility index (Phi) is 4.80. The molecule has 0 spiro atoms. The van der Waals surface area contributed by atoms with Crippen LogP contribution in [0.15, 0.2) is 24.3 Å². The zero-order chi connectivity index (χ0) is 13.7. The van der Waals surface area contributed by atoms with Crippen molar-refractivity contribution in [2.75, 3.05) is 19.7 Å². The van der Waals surface area contributed by atoms with Gasteiger partial charge in [0.1, 0.15) is 5.75 Å². The molecule has 1 aliphatic rings. The van der Waals surface area contributed by atoms with Crippen molar-refractivity contribution in [2.24, 2.45) is 5.73 Å². The molecule has 1 aromatic carbocycles. The lowest BCUT2D eigenvalue weighted by molar-refractivity contribution is -0.130. The molecule has 1 heterocycles. The molecule has 4 nitrogen and oxygen atoms in total. The average Bonchev–Trinajstić information content (AvgIpc) is 2.84. The second-order valence-electron chi connectivity index (χ2n) is 4.93. The van der Waals surface area contributed by atoms with Gasteiger partial charge in [0.25, 0.3) is 0 Å². The Bertz CT molecular complexity index is 434. The van der Waals surface area contributed by atoms with Gasteiger partial charge in [-0.05, 0) is 31.4 Å². The predicted octanol–water partition coefficient (Wildman–Crippen LogP) is 1.58. The first-order valence-electron chi connectivity index (χ1n) is 6.94. The van der Waals surface area contributed by atoms with Crippen molar-refractivity contribution in [3.63, 3.8) is 0 Å². The fraction of sp³-hybridized carbons (Fsp3) is 0.533. The van der Waals surface area contributed by atoms with Gasteiger partial charge in [0, 0.05) is 25.6 Å². The maximum atomic E-state index is 12.1. The number of nitrogens with zero attached hydrogens (tertiary/aromatic N) is 1. The first-order chi connectivity index (χ1) is 9.20. The summed E-state index contributed by atoms with van der Waals surface area (Å²) in [6, 6.07) is 8.06. The third-order valence-corrected chi connectivity index (χ3v) is 3.46. The second-order valence-corrected chi connectivity index (χ2v) is 4.93. The minimum atomic E-state index is 0.152. The van der Waals surface area contributed by atoms with Gasteiger partial charge in [-0.25, -0.2) is 0 Å². The molecule has 0 aliphatic carbocycles. The minimum Gasteiger partial charge on any atom is -0.494 e. The zero-order valence-corrected chi connectivity index (χ0v) is 11.5. The van der Waals surface area contributed by atoms with E-state index in [0.717, 1.165) is 30.7 Å². The Labute approximate surface area is 114 Å². The predicted molar refractivity (Wildman–Crippen MR) is 75.1 cm³/mol. The second kappa shape index (κ2) is 6.57. The van der Waals surface area contributed by atoms with E-state index in [-0.39, 0.29) is 11.9 Å². The van der Waals surface area contributed by atoms with Crippen molar-refractivity contribution < 1.29 is 9.53 Å². The Balaban J connectivity index is 1.89. The molecule has 1 aliphatic heterocycles. The molecule has 1 aromatic rings. The summed E-state index contributed by atoms with van der Waals surface area (Å²) in [5.41, 5.74) is 6.92. The summed E-state index contributed by atoms with van der Waals surface area (Å²) >= 11 is 0. The van der Waals surface area contributed by atoms with Gasteiger partial charge in [-0.3, -0.25) is 4.79 Å². The molecular formula is C15H22N2O2. The SMILES string of the molecule is CCOc1ccccc1CCC(=O)N1CC[C@@H](N)C1. The summed E-state index contributed by atoms with van der Waals surface area (Å²) in [6.07, 6.45) is 2.17. The molecule has 1 fully saturated rings. The molecule has 1 amide bonds. The molecule has 0 aromatic heterocycles. The number of carbonyl (C=O) groups excluding carboxylic acids is 1. The average molecular weight is 262 g/mol. The monoisotopic (exact) mass is 262 g/mol. The van der Waals surface area contributed by atoms with Crippen LogP contribution in [0.5, 0.6) is 5.75 Å². The molecule has 1 saturated heterocycles. The van der Waals surface area contributed by atoms with E-state index in [4.69, 9.17) is 10.5 Å². The van der Waals surface area contributed by atoms with Gasteiger partial charge < -0.3 is 15.4 Å². The van der Waals surface area contributed by atoms with E-state index in [0.29, 0.717) is 19.6 Å². The van der Waals surface area contributed by atoms with Crippen LogP contribution in [0.4, 0.5) is 0 Å². The van der Waals surface area contributed by atoms with Crippen molar-refractivity contribution in [1.82, 2.24) is 4.90 Å². The number of ether oxygens (including phenoxy) is 1. The van der Waals surface area contributed by atoms with Crippen molar-refractivity contribution >= 4 is 5.91 Å². The Morgan fingerprint density at radius 2 is 2.26 bits per heavy atom. The molecule has 19 heavy (non-hydrogen) atoms. The van der Waals surface area contributed by atoms with Crippen LogP contribution in [0, 0.1) is 0 Å². The molecule has 0 saturated carbocycles. The fourth-order valence-electron chi connectivity index (χ4n) is 2.42. The van der Waals surface area contributed by atoms with E-state index in [1.165, 1.54) is 0 Å². The summed E-state index contributed by atoms with van der Waals surface area (Å²) < 4.78 is 5.57. The van der Waals surface area contributed by atoms with Crippen molar-refractivity contribution in [1.29, 1.82) is 0 Å². The lowest BCUT2D eigenvalue weighted by Crippen LogP contribution is -2.32. The normalized spacial score (nSPS) is 18.6. The Morgan fingerprint density at radius 1 is 1.47 bits per heavy atom. The van der Waals surface area contributed by atoms with Crippen molar-refractivity contribution in [3.05, 3.63) is 29.8 Å². The van der Waals surface area contributed by atoms with E-state index < -0.39 is 0 Å². The highest BCUT2D eigenvalue weighted by Crippen LogP contribution is 2.20. The zero-order valence-electron chi connectivity index (χ0n) is 11.5. The molecule has 0 unspecified atom stereocenters. The van der Waals surface area contributed by atoms with Gasteiger partial charge in [-0.2, -0.15) is 0 Å². The van der Waals surface area contributed by atoms with Crippen LogP contribution in [0.2, 0.25) is 0 Å². The van der Waals surface area contributed by atoms with Gasteiger partial charge in [-0.15, -0.1) is 0 Å². The molecule has 4 heteroatoms. The number of rotatable bonds is 5. The fourth-order valence-corrected chi connectivity index (χ4v) is 2.42. The van der Waals surface area contributed by atoms with Crippen LogP contribution in [-0.2, 0) is 11.2 Å². The lowest BCUT2D eigenvalue weighted by atomic mass is 10.1. The number of benzene rings is 1. The number of aryl methyl sites for hydroxylation is 1. The molecule has 2 N–H and O–H groups in total. The van der Waals surface area contributed by atoms with E-state index in [9.17, 15) is 4.79 Å². The highest BCUT2D eigenvalue weighted by molar-refractivity contribution is 5.76. The Morgan fingerprint density at radius 3 is 2.95 bits per heavy atom. The number of likely N-dealkylation sites (tertiary alicyclic amines) is 1. The van der Waals surface area contributed by atoms with Crippen LogP contribution < -0.4 is 10.5 Å². The third kappa shape index (κ3) is 3.70. The summed E-state index contributed by atoms with van der Waals surface area (Å²) in [6.45, 7) is 4.11. The van der Waals surface area contributed by atoms with E-state index >= 15 is 0 Å². The standard InChI is InChI=1S/C15H22N2O2/c1-2-19-14-6-4-3-5-12(14)7-8-15(18)17-10-9-13(16)11-17/h3-6,13H,2,7-11,16H2,1H3/t13-/m1/s1. The highest BCUT2D eigenvalue weighted by atomic mass is 16.5. The largest absolute Gasteiger partial charge is 0.494 e. The highest BCUT2D eigenvalue weighted by Gasteiger charge is 2.23. The van der Waals surface area contributed by atoms with Crippen LogP contribution in [0.1, 0.15) is 25.3 Å². The van der Waals surface area contributed by atoms with Gasteiger partial charge in [0.2, 0.25) is 5.91 Å². The van der Waals surface area contributed by atoms with Crippen LogP contribution in [0.3, 0.4) is 0 Å². The maximum Gasteiger partial charge on any atom is 0.222 e. The summed E-state index contributed by atoms with van der Waals surface area (Å²) in [7, 11) is 0. The van der Waals surface area contributed by atoms with Gasteiger partial charge in [0.05, 0.1) is 6.61 Å². The smallest absolute Gasteiger partial charge is 0.222 e. The molecule has 1 atom stereocenters. The first-order valence-corrected chi connectivity index (χ1v) is 6.94. The molecule has 0 bridgehead atoms. The first kappa shape index (κ1) is 13.9. The maximum absolute atomic E-state index is 12.1. The summed E-state index contributed by atoms with van der Waals surface area (Å²) in [5.74, 6) is 1.08. The van der Waals surface area contributed by atoms with E-state index in [1.54, 1.807) is 0 Å². The summed E-state index contributed by atoms with van der Waals surface area (Å²) in [4.78, 5) is 13.9. The molecule has 104 valence electrons. The van der Waals surface area contributed by atoms with Gasteiger partial charge >= 0.3 is 0 Å². The number of amides is 1. The van der Waals surface area contributed by atoms with E-state index in [1.807, 2.05) is 36.1 Å². The Hall–Kier alpha value is -1.55. The van der Waals surface area contributed by atoms with Crippen LogP contribution >= 0.6 is 0 Å². The molecule has 0 radical (unpaired) electrons. The number of hydrogen-bond donors (Lipinski definition) is 1. The number of nitrogens with two attached hydrogens (primary N) is 1. The number of hydrogen-bond acceptors (Lipinski definition) is 3. The minimum absolute atomic E-state index is 0.152. The molecule has 2 rings (SSSR count). The van der Waals surface area contributed by atoms with Crippen LogP contribution in [-0.4, -0.2) is 36.5 Å². The number of carbonyl (C=O) groups is 1. The van der Waals surface area contributed by atoms with E-state index in [2.05, 4.69) is 0 Å². The topological polar surface area (TPSA) is 55.6 Å². The third-order valence-electron chi connectivity index (χ3n) is 3.46. The van der Waals surface area contributed by atoms with Crippen molar-refractivity contribution in [2.45, 2.75) is 32.2 Å². The lowest BCUT2D eigenvalue weighted by Gasteiger charge is -2.16. The van der Waals surface area contributed by atoms with Gasteiger partial charge in [0.15, 0.2) is 0 Å². The summed E-state index contributed by atoms with van der Waals surface area (Å²) in [5, 5.41) is 0. The quantitative estimate of drug-likeness (QED) is 0.876. The number of para-hydroxylation sites is 1.